The van der Waals surface area contributed by atoms with E-state index in [1.807, 2.05) is 0 Å². The van der Waals surface area contributed by atoms with Crippen molar-refractivity contribution in [1.29, 1.82) is 0 Å². The van der Waals surface area contributed by atoms with E-state index in [4.69, 9.17) is 0 Å². The van der Waals surface area contributed by atoms with Gasteiger partial charge in [0.15, 0.2) is 0 Å². The third-order valence-corrected chi connectivity index (χ3v) is 4.68. The van der Waals surface area contributed by atoms with Crippen molar-refractivity contribution in [2.45, 2.75) is 59.4 Å². The van der Waals surface area contributed by atoms with Crippen molar-refractivity contribution < 1.29 is 4.79 Å². The molecule has 0 radical (unpaired) electrons. The van der Waals surface area contributed by atoms with Crippen molar-refractivity contribution in [3.05, 3.63) is 34.4 Å². The summed E-state index contributed by atoms with van der Waals surface area (Å²) in [6.07, 6.45) is 3.33. The van der Waals surface area contributed by atoms with Crippen molar-refractivity contribution in [2.75, 3.05) is 13.1 Å². The minimum Gasteiger partial charge on any atom is -0.303 e. The molecule has 0 aromatic heterocycles. The lowest BCUT2D eigenvalue weighted by Crippen LogP contribution is -2.35. The van der Waals surface area contributed by atoms with Crippen molar-refractivity contribution in [2.24, 2.45) is 5.92 Å². The third-order valence-electron chi connectivity index (χ3n) is 4.68. The Balaban J connectivity index is 2.19. The summed E-state index contributed by atoms with van der Waals surface area (Å²) in [5, 5.41) is 0. The zero-order valence-electron chi connectivity index (χ0n) is 14.2. The molecule has 0 aliphatic carbocycles. The number of carbonyl (C=O) groups is 1. The van der Waals surface area contributed by atoms with Crippen molar-refractivity contribution in [1.82, 2.24) is 4.90 Å². The molecule has 2 heteroatoms. The molecule has 1 aromatic rings. The lowest BCUT2D eigenvalue weighted by molar-refractivity contribution is -0.112. The van der Waals surface area contributed by atoms with Crippen LogP contribution >= 0.6 is 0 Å². The average Bonchev–Trinajstić information content (AvgIpc) is 2.42. The Morgan fingerprint density at radius 1 is 1.24 bits per heavy atom. The number of likely N-dealkylation sites (tertiary alicyclic amines) is 1. The van der Waals surface area contributed by atoms with Crippen LogP contribution in [0.15, 0.2) is 12.1 Å². The number of hydrogen-bond acceptors (Lipinski definition) is 2. The van der Waals surface area contributed by atoms with E-state index in [0.29, 0.717) is 0 Å². The van der Waals surface area contributed by atoms with Gasteiger partial charge in [0.25, 0.3) is 0 Å². The van der Waals surface area contributed by atoms with E-state index in [1.54, 1.807) is 0 Å². The molecule has 1 aromatic carbocycles. The maximum Gasteiger partial charge on any atom is 0.124 e. The molecule has 0 N–H and O–H groups in total. The number of piperidine rings is 1. The Hall–Kier alpha value is -1.15. The number of rotatable bonds is 3. The summed E-state index contributed by atoms with van der Waals surface area (Å²) in [4.78, 5) is 13.5. The summed E-state index contributed by atoms with van der Waals surface area (Å²) in [6.45, 7) is 14.2. The molecular weight excluding hydrogens is 258 g/mol. The average molecular weight is 287 g/mol. The summed E-state index contributed by atoms with van der Waals surface area (Å²) >= 11 is 0. The van der Waals surface area contributed by atoms with Crippen LogP contribution in [0.25, 0.3) is 0 Å². The molecule has 0 spiro atoms. The summed E-state index contributed by atoms with van der Waals surface area (Å²) in [5.41, 5.74) is 5.81. The topological polar surface area (TPSA) is 20.3 Å². The fourth-order valence-corrected chi connectivity index (χ4v) is 3.25. The highest BCUT2D eigenvalue weighted by atomic mass is 16.1. The lowest BCUT2D eigenvalue weighted by atomic mass is 9.83. The summed E-state index contributed by atoms with van der Waals surface area (Å²) < 4.78 is 0. The van der Waals surface area contributed by atoms with Crippen molar-refractivity contribution in [3.8, 4) is 0 Å². The highest BCUT2D eigenvalue weighted by molar-refractivity contribution is 5.54. The first-order valence-corrected chi connectivity index (χ1v) is 8.09. The molecule has 0 amide bonds. The van der Waals surface area contributed by atoms with E-state index in [1.165, 1.54) is 22.3 Å². The molecule has 116 valence electrons. The molecule has 1 unspecified atom stereocenters. The van der Waals surface area contributed by atoms with E-state index in [0.717, 1.165) is 38.8 Å². The van der Waals surface area contributed by atoms with Crippen molar-refractivity contribution >= 4 is 6.29 Å². The van der Waals surface area contributed by atoms with Gasteiger partial charge in [0.05, 0.1) is 0 Å². The fraction of sp³-hybridized carbons (Fsp3) is 0.632. The van der Waals surface area contributed by atoms with E-state index >= 15 is 0 Å². The van der Waals surface area contributed by atoms with E-state index in [-0.39, 0.29) is 11.3 Å². The van der Waals surface area contributed by atoms with Crippen LogP contribution in [0.2, 0.25) is 0 Å². The van der Waals surface area contributed by atoms with Crippen LogP contribution in [-0.2, 0) is 16.8 Å². The van der Waals surface area contributed by atoms with E-state index in [9.17, 15) is 4.79 Å². The maximum absolute atomic E-state index is 11.0. The third kappa shape index (κ3) is 3.94. The van der Waals surface area contributed by atoms with Gasteiger partial charge in [-0.15, -0.1) is 0 Å². The largest absolute Gasteiger partial charge is 0.303 e. The molecule has 1 atom stereocenters. The van der Waals surface area contributed by atoms with Crippen LogP contribution in [-0.4, -0.2) is 24.3 Å². The Kier molecular flexibility index (Phi) is 4.88. The molecule has 0 saturated carbocycles. The predicted molar refractivity (Wildman–Crippen MR) is 88.7 cm³/mol. The van der Waals surface area contributed by atoms with Gasteiger partial charge in [-0.25, -0.2) is 0 Å². The first kappa shape index (κ1) is 16.2. The highest BCUT2D eigenvalue weighted by Crippen LogP contribution is 2.28. The summed E-state index contributed by atoms with van der Waals surface area (Å²) in [6, 6.07) is 4.67. The molecule has 1 fully saturated rings. The monoisotopic (exact) mass is 287 g/mol. The van der Waals surface area contributed by atoms with Crippen LogP contribution < -0.4 is 0 Å². The fourth-order valence-electron chi connectivity index (χ4n) is 3.25. The number of nitrogens with zero attached hydrogens (tertiary/aromatic N) is 1. The number of benzene rings is 1. The van der Waals surface area contributed by atoms with Gasteiger partial charge < -0.3 is 4.79 Å². The van der Waals surface area contributed by atoms with E-state index < -0.39 is 0 Å². The van der Waals surface area contributed by atoms with Gasteiger partial charge in [0, 0.05) is 19.0 Å². The van der Waals surface area contributed by atoms with Crippen LogP contribution in [0.1, 0.15) is 55.9 Å². The Labute approximate surface area is 129 Å². The quantitative estimate of drug-likeness (QED) is 0.783. The molecule has 21 heavy (non-hydrogen) atoms. The first-order chi connectivity index (χ1) is 9.81. The Morgan fingerprint density at radius 2 is 1.86 bits per heavy atom. The second kappa shape index (κ2) is 6.31. The van der Waals surface area contributed by atoms with Crippen LogP contribution in [0, 0.1) is 19.8 Å². The molecule has 1 saturated heterocycles. The molecule has 1 aliphatic heterocycles. The van der Waals surface area contributed by atoms with Gasteiger partial charge in [-0.3, -0.25) is 4.90 Å². The smallest absolute Gasteiger partial charge is 0.124 e. The molecule has 2 nitrogen and oxygen atoms in total. The Morgan fingerprint density at radius 3 is 2.38 bits per heavy atom. The number of hydrogen-bond donors (Lipinski definition) is 0. The molecule has 1 aliphatic rings. The van der Waals surface area contributed by atoms with Crippen LogP contribution in [0.4, 0.5) is 0 Å². The lowest BCUT2D eigenvalue weighted by Gasteiger charge is -2.31. The minimum absolute atomic E-state index is 0.196. The van der Waals surface area contributed by atoms with E-state index in [2.05, 4.69) is 51.7 Å². The van der Waals surface area contributed by atoms with Crippen molar-refractivity contribution in [3.63, 3.8) is 0 Å². The maximum atomic E-state index is 11.0. The molecule has 1 heterocycles. The predicted octanol–water partition coefficient (Wildman–Crippen LogP) is 4.01. The molecule has 0 bridgehead atoms. The van der Waals surface area contributed by atoms with Gasteiger partial charge in [0.1, 0.15) is 6.29 Å². The molecule has 2 rings (SSSR count). The number of aryl methyl sites for hydroxylation is 2. The normalized spacial score (nSPS) is 20.5. The Bertz CT molecular complexity index is 490. The highest BCUT2D eigenvalue weighted by Gasteiger charge is 2.21. The van der Waals surface area contributed by atoms with Gasteiger partial charge in [-0.1, -0.05) is 32.9 Å². The summed E-state index contributed by atoms with van der Waals surface area (Å²) in [7, 11) is 0. The zero-order chi connectivity index (χ0) is 15.6. The van der Waals surface area contributed by atoms with Gasteiger partial charge >= 0.3 is 0 Å². The number of aldehydes is 1. The second-order valence-electron chi connectivity index (χ2n) is 7.61. The standard InChI is InChI=1S/C19H29NO/c1-14-9-17(19(3,4)5)10-15(2)18(14)12-20-8-6-7-16(11-20)13-21/h9-10,13,16H,6-8,11-12H2,1-5H3. The summed E-state index contributed by atoms with van der Waals surface area (Å²) in [5.74, 6) is 0.230. The SMILES string of the molecule is Cc1cc(C(C)(C)C)cc(C)c1CN1CCCC(C=O)C1. The first-order valence-electron chi connectivity index (χ1n) is 8.09. The van der Waals surface area contributed by atoms with Gasteiger partial charge in [0.2, 0.25) is 0 Å². The van der Waals surface area contributed by atoms with Crippen LogP contribution in [0.3, 0.4) is 0 Å². The number of carbonyl (C=O) groups excluding carboxylic acids is 1. The minimum atomic E-state index is 0.196. The van der Waals surface area contributed by atoms with Gasteiger partial charge in [-0.05, 0) is 60.9 Å². The van der Waals surface area contributed by atoms with Crippen LogP contribution in [0.5, 0.6) is 0 Å². The molecular formula is C19H29NO. The second-order valence-corrected chi connectivity index (χ2v) is 7.61. The zero-order valence-corrected chi connectivity index (χ0v) is 14.2. The van der Waals surface area contributed by atoms with Gasteiger partial charge in [-0.2, -0.15) is 0 Å².